The van der Waals surface area contributed by atoms with Crippen LogP contribution in [0.15, 0.2) is 71.5 Å². The number of para-hydroxylation sites is 1. The molecule has 2 aliphatic rings. The molecule has 3 heterocycles. The Bertz CT molecular complexity index is 1100. The summed E-state index contributed by atoms with van der Waals surface area (Å²) in [6.45, 7) is 1.05. The zero-order valence-electron chi connectivity index (χ0n) is 17.2. The fourth-order valence-electron chi connectivity index (χ4n) is 4.49. The third kappa shape index (κ3) is 3.22. The fourth-order valence-corrected chi connectivity index (χ4v) is 4.49. The molecule has 7 nitrogen and oxygen atoms in total. The van der Waals surface area contributed by atoms with Crippen molar-refractivity contribution in [3.05, 3.63) is 78.3 Å². The molecule has 2 aliphatic heterocycles. The van der Waals surface area contributed by atoms with Gasteiger partial charge in [0, 0.05) is 37.3 Å². The first kappa shape index (κ1) is 19.2. The van der Waals surface area contributed by atoms with Crippen LogP contribution in [0.4, 0.5) is 11.4 Å². The van der Waals surface area contributed by atoms with Crippen LogP contribution in [-0.2, 0) is 0 Å². The van der Waals surface area contributed by atoms with Gasteiger partial charge in [0.15, 0.2) is 0 Å². The summed E-state index contributed by atoms with van der Waals surface area (Å²) in [4.78, 5) is 30.0. The minimum absolute atomic E-state index is 0.0471. The molecule has 0 saturated carbocycles. The van der Waals surface area contributed by atoms with Gasteiger partial charge < -0.3 is 19.4 Å². The van der Waals surface area contributed by atoms with Gasteiger partial charge in [0.2, 0.25) is 0 Å². The predicted molar refractivity (Wildman–Crippen MR) is 116 cm³/mol. The highest BCUT2D eigenvalue weighted by Gasteiger charge is 2.47. The second-order valence-corrected chi connectivity index (χ2v) is 7.84. The van der Waals surface area contributed by atoms with Crippen molar-refractivity contribution >= 4 is 23.2 Å². The smallest absolute Gasteiger partial charge is 0.262 e. The van der Waals surface area contributed by atoms with Crippen molar-refractivity contribution in [2.24, 2.45) is 0 Å². The maximum absolute atomic E-state index is 13.6. The number of hydrogen-bond donors (Lipinski definition) is 1. The number of ether oxygens (including phenoxy) is 1. The molecule has 0 bridgehead atoms. The van der Waals surface area contributed by atoms with Gasteiger partial charge >= 0.3 is 0 Å². The van der Waals surface area contributed by atoms with Crippen molar-refractivity contribution in [2.45, 2.75) is 18.5 Å². The lowest BCUT2D eigenvalue weighted by Crippen LogP contribution is -2.65. The molecule has 2 aromatic carbocycles. The van der Waals surface area contributed by atoms with Crippen molar-refractivity contribution in [1.29, 1.82) is 0 Å². The standard InChI is InChI=1S/C24H23N3O4/c1-30-19-8-6-18(7-9-19)27-23(29)20-4-2-3-5-21(20)25-24(27)11-13-26(14-12-24)22(28)17-10-15-31-16-17/h2-10,15-16,25H,11-14H2,1H3. The molecule has 31 heavy (non-hydrogen) atoms. The Morgan fingerprint density at radius 3 is 2.48 bits per heavy atom. The molecule has 1 fully saturated rings. The Hall–Kier alpha value is -3.74. The molecule has 1 saturated heterocycles. The zero-order valence-corrected chi connectivity index (χ0v) is 17.2. The fraction of sp³-hybridized carbons (Fsp3) is 0.250. The average molecular weight is 417 g/mol. The topological polar surface area (TPSA) is 75.0 Å². The summed E-state index contributed by atoms with van der Waals surface area (Å²) < 4.78 is 10.3. The van der Waals surface area contributed by atoms with Crippen LogP contribution in [0.1, 0.15) is 33.6 Å². The van der Waals surface area contributed by atoms with E-state index in [0.717, 1.165) is 17.1 Å². The van der Waals surface area contributed by atoms with Gasteiger partial charge in [-0.3, -0.25) is 14.5 Å². The van der Waals surface area contributed by atoms with E-state index in [2.05, 4.69) is 5.32 Å². The van der Waals surface area contributed by atoms with Gasteiger partial charge in [-0.25, -0.2) is 0 Å². The van der Waals surface area contributed by atoms with E-state index in [9.17, 15) is 9.59 Å². The number of furan rings is 1. The molecule has 3 aromatic rings. The second kappa shape index (κ2) is 7.50. The summed E-state index contributed by atoms with van der Waals surface area (Å²) in [6, 6.07) is 16.8. The van der Waals surface area contributed by atoms with E-state index in [1.807, 2.05) is 58.3 Å². The lowest BCUT2D eigenvalue weighted by molar-refractivity contribution is 0.0668. The molecule has 158 valence electrons. The van der Waals surface area contributed by atoms with Gasteiger partial charge in [-0.05, 0) is 42.5 Å². The Balaban J connectivity index is 1.49. The van der Waals surface area contributed by atoms with E-state index in [0.29, 0.717) is 37.1 Å². The number of carbonyl (C=O) groups excluding carboxylic acids is 2. The first-order valence-electron chi connectivity index (χ1n) is 10.3. The number of likely N-dealkylation sites (tertiary alicyclic amines) is 1. The van der Waals surface area contributed by atoms with Crippen molar-refractivity contribution < 1.29 is 18.7 Å². The first-order chi connectivity index (χ1) is 15.1. The Kier molecular flexibility index (Phi) is 4.66. The van der Waals surface area contributed by atoms with Crippen molar-refractivity contribution in [2.75, 3.05) is 30.4 Å². The maximum Gasteiger partial charge on any atom is 0.262 e. The number of anilines is 2. The predicted octanol–water partition coefficient (Wildman–Crippen LogP) is 3.99. The van der Waals surface area contributed by atoms with E-state index < -0.39 is 5.66 Å². The highest BCUT2D eigenvalue weighted by Crippen LogP contribution is 2.41. The number of nitrogens with zero attached hydrogens (tertiary/aromatic N) is 2. The van der Waals surface area contributed by atoms with Gasteiger partial charge in [-0.1, -0.05) is 12.1 Å². The number of methoxy groups -OCH3 is 1. The van der Waals surface area contributed by atoms with Crippen LogP contribution in [0.5, 0.6) is 5.75 Å². The number of carbonyl (C=O) groups is 2. The molecule has 0 unspecified atom stereocenters. The number of hydrogen-bond acceptors (Lipinski definition) is 5. The number of fused-ring (bicyclic) bond motifs is 1. The minimum Gasteiger partial charge on any atom is -0.497 e. The summed E-state index contributed by atoms with van der Waals surface area (Å²) in [5, 5.41) is 3.63. The largest absolute Gasteiger partial charge is 0.497 e. The minimum atomic E-state index is -0.618. The van der Waals surface area contributed by atoms with Gasteiger partial charge in [0.25, 0.3) is 11.8 Å². The first-order valence-corrected chi connectivity index (χ1v) is 10.3. The normalized spacial score (nSPS) is 17.3. The summed E-state index contributed by atoms with van der Waals surface area (Å²) in [5.41, 5.74) is 2.18. The third-order valence-electron chi connectivity index (χ3n) is 6.13. The molecule has 7 heteroatoms. The Morgan fingerprint density at radius 1 is 1.06 bits per heavy atom. The Labute approximate surface area is 180 Å². The van der Waals surface area contributed by atoms with E-state index in [-0.39, 0.29) is 11.8 Å². The highest BCUT2D eigenvalue weighted by molar-refractivity contribution is 6.12. The van der Waals surface area contributed by atoms with Crippen LogP contribution < -0.4 is 15.0 Å². The highest BCUT2D eigenvalue weighted by atomic mass is 16.5. The van der Waals surface area contributed by atoms with Gasteiger partial charge in [-0.2, -0.15) is 0 Å². The zero-order chi connectivity index (χ0) is 21.4. The van der Waals surface area contributed by atoms with Crippen LogP contribution in [0.25, 0.3) is 0 Å². The van der Waals surface area contributed by atoms with Crippen LogP contribution in [0, 0.1) is 0 Å². The van der Waals surface area contributed by atoms with Crippen molar-refractivity contribution in [1.82, 2.24) is 4.90 Å². The van der Waals surface area contributed by atoms with E-state index >= 15 is 0 Å². The number of nitrogens with one attached hydrogen (secondary N) is 1. The molecule has 0 aliphatic carbocycles. The molecular weight excluding hydrogens is 394 g/mol. The molecule has 1 spiro atoms. The molecule has 0 atom stereocenters. The van der Waals surface area contributed by atoms with Crippen LogP contribution in [0.3, 0.4) is 0 Å². The lowest BCUT2D eigenvalue weighted by atomic mass is 9.89. The van der Waals surface area contributed by atoms with Gasteiger partial charge in [-0.15, -0.1) is 0 Å². The second-order valence-electron chi connectivity index (χ2n) is 7.84. The van der Waals surface area contributed by atoms with Crippen LogP contribution in [0.2, 0.25) is 0 Å². The molecular formula is C24H23N3O4. The average Bonchev–Trinajstić information content (AvgIpc) is 3.35. The molecule has 1 N–H and O–H groups in total. The monoisotopic (exact) mass is 417 g/mol. The van der Waals surface area contributed by atoms with Crippen LogP contribution >= 0.6 is 0 Å². The molecule has 1 aromatic heterocycles. The summed E-state index contributed by atoms with van der Waals surface area (Å²) in [6.07, 6.45) is 4.17. The summed E-state index contributed by atoms with van der Waals surface area (Å²) in [5.74, 6) is 0.632. The van der Waals surface area contributed by atoms with Gasteiger partial charge in [0.05, 0.1) is 24.5 Å². The van der Waals surface area contributed by atoms with E-state index in [4.69, 9.17) is 9.15 Å². The molecule has 0 radical (unpaired) electrons. The molecule has 5 rings (SSSR count). The quantitative estimate of drug-likeness (QED) is 0.697. The SMILES string of the molecule is COc1ccc(N2C(=O)c3ccccc3NC23CCN(C(=O)c2ccoc2)CC3)cc1. The maximum atomic E-state index is 13.6. The number of benzene rings is 2. The lowest BCUT2D eigenvalue weighted by Gasteiger charge is -2.52. The van der Waals surface area contributed by atoms with Crippen molar-refractivity contribution in [3.63, 3.8) is 0 Å². The molecule has 2 amide bonds. The van der Waals surface area contributed by atoms with Gasteiger partial charge in [0.1, 0.15) is 17.7 Å². The van der Waals surface area contributed by atoms with Crippen molar-refractivity contribution in [3.8, 4) is 5.75 Å². The van der Waals surface area contributed by atoms with Crippen LogP contribution in [-0.4, -0.2) is 42.6 Å². The third-order valence-corrected chi connectivity index (χ3v) is 6.13. The number of piperidine rings is 1. The number of rotatable bonds is 3. The summed E-state index contributed by atoms with van der Waals surface area (Å²) >= 11 is 0. The van der Waals surface area contributed by atoms with E-state index in [1.54, 1.807) is 13.2 Å². The number of amides is 2. The summed E-state index contributed by atoms with van der Waals surface area (Å²) in [7, 11) is 1.62. The van der Waals surface area contributed by atoms with E-state index in [1.165, 1.54) is 12.5 Å². The Morgan fingerprint density at radius 2 is 1.81 bits per heavy atom.